The van der Waals surface area contributed by atoms with E-state index in [2.05, 4.69) is 20.4 Å². The van der Waals surface area contributed by atoms with E-state index in [-0.39, 0.29) is 16.6 Å². The molecule has 3 heterocycles. The highest BCUT2D eigenvalue weighted by Crippen LogP contribution is 2.26. The number of carbonyl (C=O) groups is 1. The van der Waals surface area contributed by atoms with Crippen molar-refractivity contribution in [3.63, 3.8) is 0 Å². The number of furan rings is 1. The maximum Gasteiger partial charge on any atom is 0.238 e. The molecule has 10 nitrogen and oxygen atoms in total. The van der Waals surface area contributed by atoms with Crippen LogP contribution in [-0.4, -0.2) is 47.9 Å². The second-order valence-electron chi connectivity index (χ2n) is 7.05. The first-order chi connectivity index (χ1) is 14.9. The Morgan fingerprint density at radius 3 is 2.55 bits per heavy atom. The van der Waals surface area contributed by atoms with Crippen LogP contribution in [-0.2, 0) is 21.4 Å². The smallest absolute Gasteiger partial charge is 0.238 e. The van der Waals surface area contributed by atoms with Gasteiger partial charge in [0.05, 0.1) is 23.5 Å². The van der Waals surface area contributed by atoms with Crippen LogP contribution in [0.25, 0.3) is 0 Å². The summed E-state index contributed by atoms with van der Waals surface area (Å²) in [6.45, 7) is 2.33. The van der Waals surface area contributed by atoms with Crippen molar-refractivity contribution in [1.82, 2.24) is 14.8 Å². The molecule has 0 saturated carbocycles. The molecule has 3 aromatic rings. The highest BCUT2D eigenvalue weighted by atomic mass is 32.2. The van der Waals surface area contributed by atoms with Crippen LogP contribution >= 0.6 is 11.8 Å². The Morgan fingerprint density at radius 1 is 1.16 bits per heavy atom. The van der Waals surface area contributed by atoms with E-state index in [1.165, 1.54) is 36.0 Å². The lowest BCUT2D eigenvalue weighted by molar-refractivity contribution is -0.113. The molecular formula is C19H22N6O4S2. The van der Waals surface area contributed by atoms with E-state index in [9.17, 15) is 13.2 Å². The second kappa shape index (κ2) is 9.12. The van der Waals surface area contributed by atoms with Gasteiger partial charge >= 0.3 is 0 Å². The van der Waals surface area contributed by atoms with Crippen LogP contribution in [0.15, 0.2) is 57.1 Å². The lowest BCUT2D eigenvalue weighted by Crippen LogP contribution is -2.22. The van der Waals surface area contributed by atoms with Crippen LogP contribution in [0.5, 0.6) is 0 Å². The topological polar surface area (TPSA) is 136 Å². The van der Waals surface area contributed by atoms with Crippen molar-refractivity contribution >= 4 is 39.3 Å². The fourth-order valence-corrected chi connectivity index (χ4v) is 4.54. The number of nitrogens with one attached hydrogen (secondary N) is 1. The molecule has 1 aliphatic rings. The van der Waals surface area contributed by atoms with E-state index in [1.807, 2.05) is 16.7 Å². The largest absolute Gasteiger partial charge is 0.467 e. The standard InChI is InChI=1S/C19H22N6O4S2/c20-31(27,28)16-7-5-14(6-8-16)21-17(26)13-30-19-23-22-18(24-9-1-2-10-24)25(19)12-15-4-3-11-29-15/h3-8,11H,1-2,9-10,12-13H2,(H,21,26)(H2,20,27,28). The number of benzene rings is 1. The molecule has 3 N–H and O–H groups in total. The quantitative estimate of drug-likeness (QED) is 0.484. The van der Waals surface area contributed by atoms with Crippen molar-refractivity contribution < 1.29 is 17.6 Å². The Bertz CT molecular complexity index is 1140. The first-order valence-corrected chi connectivity index (χ1v) is 12.2. The molecule has 1 amide bonds. The molecule has 12 heteroatoms. The number of sulfonamides is 1. The van der Waals surface area contributed by atoms with Crippen LogP contribution < -0.4 is 15.4 Å². The summed E-state index contributed by atoms with van der Waals surface area (Å²) in [5, 5.41) is 17.1. The van der Waals surface area contributed by atoms with E-state index in [1.54, 1.807) is 6.26 Å². The lowest BCUT2D eigenvalue weighted by Gasteiger charge is -2.17. The van der Waals surface area contributed by atoms with Gasteiger partial charge in [-0.25, -0.2) is 13.6 Å². The Labute approximate surface area is 183 Å². The molecule has 0 unspecified atom stereocenters. The minimum atomic E-state index is -3.77. The SMILES string of the molecule is NS(=O)(=O)c1ccc(NC(=O)CSc2nnc(N3CCCC3)n2Cc2ccco2)cc1. The summed E-state index contributed by atoms with van der Waals surface area (Å²) in [7, 11) is -3.77. The van der Waals surface area contributed by atoms with Crippen molar-refractivity contribution in [3.8, 4) is 0 Å². The van der Waals surface area contributed by atoms with E-state index in [0.717, 1.165) is 37.6 Å². The zero-order valence-corrected chi connectivity index (χ0v) is 18.2. The Morgan fingerprint density at radius 2 is 1.90 bits per heavy atom. The monoisotopic (exact) mass is 462 g/mol. The number of nitrogens with zero attached hydrogens (tertiary/aromatic N) is 4. The third-order valence-electron chi connectivity index (χ3n) is 4.78. The van der Waals surface area contributed by atoms with E-state index < -0.39 is 10.0 Å². The molecule has 1 saturated heterocycles. The fraction of sp³-hybridized carbons (Fsp3) is 0.316. The maximum absolute atomic E-state index is 12.4. The van der Waals surface area contributed by atoms with Gasteiger partial charge in [0.25, 0.3) is 0 Å². The van der Waals surface area contributed by atoms with Crippen LogP contribution in [0.1, 0.15) is 18.6 Å². The van der Waals surface area contributed by atoms with Gasteiger partial charge in [0.15, 0.2) is 5.16 Å². The van der Waals surface area contributed by atoms with Gasteiger partial charge in [0.2, 0.25) is 21.9 Å². The molecule has 2 aromatic heterocycles. The summed E-state index contributed by atoms with van der Waals surface area (Å²) in [5.41, 5.74) is 0.479. The average Bonchev–Trinajstić information content (AvgIpc) is 3.49. The molecule has 0 atom stereocenters. The molecule has 1 aliphatic heterocycles. The number of rotatable bonds is 8. The third-order valence-corrected chi connectivity index (χ3v) is 6.68. The molecule has 4 rings (SSSR count). The summed E-state index contributed by atoms with van der Waals surface area (Å²) < 4.78 is 30.1. The summed E-state index contributed by atoms with van der Waals surface area (Å²) >= 11 is 1.28. The van der Waals surface area contributed by atoms with Gasteiger partial charge in [-0.1, -0.05) is 11.8 Å². The van der Waals surface area contributed by atoms with E-state index >= 15 is 0 Å². The van der Waals surface area contributed by atoms with Crippen LogP contribution in [0.3, 0.4) is 0 Å². The molecule has 0 radical (unpaired) electrons. The molecule has 164 valence electrons. The number of hydrogen-bond donors (Lipinski definition) is 2. The molecular weight excluding hydrogens is 440 g/mol. The van der Waals surface area contributed by atoms with Crippen molar-refractivity contribution in [2.75, 3.05) is 29.1 Å². The summed E-state index contributed by atoms with van der Waals surface area (Å²) in [5.74, 6) is 1.42. The summed E-state index contributed by atoms with van der Waals surface area (Å²) in [4.78, 5) is 14.6. The zero-order chi connectivity index (χ0) is 21.8. The number of anilines is 2. The number of aromatic nitrogens is 3. The number of hydrogen-bond acceptors (Lipinski definition) is 8. The highest BCUT2D eigenvalue weighted by Gasteiger charge is 2.22. The van der Waals surface area contributed by atoms with Gasteiger partial charge in [-0.15, -0.1) is 10.2 Å². The van der Waals surface area contributed by atoms with Crippen LogP contribution in [0.2, 0.25) is 0 Å². The molecule has 0 spiro atoms. The van der Waals surface area contributed by atoms with Gasteiger partial charge in [0, 0.05) is 18.8 Å². The predicted molar refractivity (Wildman–Crippen MR) is 116 cm³/mol. The fourth-order valence-electron chi connectivity index (χ4n) is 3.29. The Balaban J connectivity index is 1.43. The Kier molecular flexibility index (Phi) is 6.30. The number of amides is 1. The molecule has 0 aliphatic carbocycles. The van der Waals surface area contributed by atoms with E-state index in [0.29, 0.717) is 17.4 Å². The van der Waals surface area contributed by atoms with Gasteiger partial charge in [-0.2, -0.15) is 0 Å². The molecule has 31 heavy (non-hydrogen) atoms. The summed E-state index contributed by atoms with van der Waals surface area (Å²) in [6, 6.07) is 9.40. The van der Waals surface area contributed by atoms with Crippen molar-refractivity contribution in [2.45, 2.75) is 29.4 Å². The molecule has 0 bridgehead atoms. The van der Waals surface area contributed by atoms with Gasteiger partial charge < -0.3 is 14.6 Å². The summed E-state index contributed by atoms with van der Waals surface area (Å²) in [6.07, 6.45) is 3.85. The minimum Gasteiger partial charge on any atom is -0.467 e. The van der Waals surface area contributed by atoms with Gasteiger partial charge in [-0.05, 0) is 49.2 Å². The highest BCUT2D eigenvalue weighted by molar-refractivity contribution is 7.99. The van der Waals surface area contributed by atoms with Gasteiger partial charge in [0.1, 0.15) is 5.76 Å². The average molecular weight is 463 g/mol. The number of thioether (sulfide) groups is 1. The van der Waals surface area contributed by atoms with Crippen molar-refractivity contribution in [2.24, 2.45) is 5.14 Å². The molecule has 1 fully saturated rings. The van der Waals surface area contributed by atoms with Gasteiger partial charge in [-0.3, -0.25) is 9.36 Å². The van der Waals surface area contributed by atoms with Crippen LogP contribution in [0, 0.1) is 0 Å². The number of nitrogens with two attached hydrogens (primary N) is 1. The third kappa shape index (κ3) is 5.27. The van der Waals surface area contributed by atoms with Crippen molar-refractivity contribution in [1.29, 1.82) is 0 Å². The van der Waals surface area contributed by atoms with Crippen molar-refractivity contribution in [3.05, 3.63) is 48.4 Å². The maximum atomic E-state index is 12.4. The number of carbonyl (C=O) groups excluding carboxylic acids is 1. The van der Waals surface area contributed by atoms with Crippen LogP contribution in [0.4, 0.5) is 11.6 Å². The first kappa shape index (κ1) is 21.4. The predicted octanol–water partition coefficient (Wildman–Crippen LogP) is 1.90. The second-order valence-corrected chi connectivity index (χ2v) is 9.55. The minimum absolute atomic E-state index is 0.0136. The Hall–Kier alpha value is -2.83. The zero-order valence-electron chi connectivity index (χ0n) is 16.6. The number of primary sulfonamides is 1. The van der Waals surface area contributed by atoms with E-state index in [4.69, 9.17) is 9.56 Å². The normalized spacial score (nSPS) is 14.2. The molecule has 1 aromatic carbocycles. The first-order valence-electron chi connectivity index (χ1n) is 9.66. The lowest BCUT2D eigenvalue weighted by atomic mass is 10.3.